The van der Waals surface area contributed by atoms with Gasteiger partial charge in [-0.2, -0.15) is 0 Å². The van der Waals surface area contributed by atoms with Crippen molar-refractivity contribution in [2.24, 2.45) is 0 Å². The van der Waals surface area contributed by atoms with Crippen molar-refractivity contribution in [1.29, 1.82) is 0 Å². The van der Waals surface area contributed by atoms with Crippen molar-refractivity contribution in [2.45, 2.75) is 13.0 Å². The summed E-state index contributed by atoms with van der Waals surface area (Å²) in [7, 11) is 0. The molecule has 0 aliphatic carbocycles. The van der Waals surface area contributed by atoms with Gasteiger partial charge in [-0.15, -0.1) is 0 Å². The van der Waals surface area contributed by atoms with E-state index in [0.29, 0.717) is 0 Å². The molecule has 0 aliphatic heterocycles. The summed E-state index contributed by atoms with van der Waals surface area (Å²) in [4.78, 5) is 22.5. The minimum absolute atomic E-state index is 0.106. The third-order valence-electron chi connectivity index (χ3n) is 1.75. The summed E-state index contributed by atoms with van der Waals surface area (Å²) < 4.78 is 9.47. The zero-order chi connectivity index (χ0) is 12.1. The fourth-order valence-corrected chi connectivity index (χ4v) is 0.995. The van der Waals surface area contributed by atoms with E-state index in [0.717, 1.165) is 0 Å². The first-order chi connectivity index (χ1) is 7.56. The highest BCUT2D eigenvalue weighted by molar-refractivity contribution is 5.97. The van der Waals surface area contributed by atoms with Crippen molar-refractivity contribution in [1.82, 2.24) is 0 Å². The van der Waals surface area contributed by atoms with Crippen molar-refractivity contribution in [3.8, 4) is 0 Å². The summed E-state index contributed by atoms with van der Waals surface area (Å²) >= 11 is 0. The predicted molar refractivity (Wildman–Crippen MR) is 52.1 cm³/mol. The van der Waals surface area contributed by atoms with E-state index in [1.807, 2.05) is 0 Å². The lowest BCUT2D eigenvalue weighted by Crippen LogP contribution is -2.15. The number of esters is 1. The van der Waals surface area contributed by atoms with Crippen molar-refractivity contribution in [3.63, 3.8) is 0 Å². The van der Waals surface area contributed by atoms with Crippen LogP contribution in [0.4, 0.5) is 0 Å². The van der Waals surface area contributed by atoms with Gasteiger partial charge in [0.2, 0.25) is 11.5 Å². The van der Waals surface area contributed by atoms with Crippen molar-refractivity contribution < 1.29 is 29.0 Å². The van der Waals surface area contributed by atoms with Gasteiger partial charge < -0.3 is 19.4 Å². The molecule has 0 saturated heterocycles. The van der Waals surface area contributed by atoms with E-state index in [-0.39, 0.29) is 24.7 Å². The largest absolute Gasteiger partial charge is 0.457 e. The Morgan fingerprint density at radius 1 is 1.44 bits per heavy atom. The van der Waals surface area contributed by atoms with E-state index in [9.17, 15) is 9.59 Å². The number of ketones is 1. The molecule has 16 heavy (non-hydrogen) atoms. The molecule has 1 rings (SSSR count). The summed E-state index contributed by atoms with van der Waals surface area (Å²) in [5.41, 5.74) is 0. The molecule has 6 heteroatoms. The molecule has 6 nitrogen and oxygen atoms in total. The fraction of sp³-hybridized carbons (Fsp3) is 0.400. The summed E-state index contributed by atoms with van der Waals surface area (Å²) in [5, 5.41) is 17.4. The lowest BCUT2D eigenvalue weighted by Gasteiger charge is -2.00. The summed E-state index contributed by atoms with van der Waals surface area (Å²) in [6.45, 7) is 0.875. The Morgan fingerprint density at radius 2 is 2.06 bits per heavy atom. The van der Waals surface area contributed by atoms with E-state index in [1.165, 1.54) is 19.1 Å². The maximum absolute atomic E-state index is 11.3. The Bertz CT molecular complexity index is 378. The zero-order valence-corrected chi connectivity index (χ0v) is 8.67. The van der Waals surface area contributed by atoms with Gasteiger partial charge in [0.15, 0.2) is 5.76 Å². The molecule has 1 aromatic heterocycles. The molecule has 0 spiro atoms. The molecule has 0 aliphatic rings. The Hall–Kier alpha value is -1.66. The van der Waals surface area contributed by atoms with Gasteiger partial charge in [-0.05, 0) is 19.1 Å². The highest BCUT2D eigenvalue weighted by atomic mass is 16.6. The molecule has 1 unspecified atom stereocenters. The smallest absolute Gasteiger partial charge is 0.374 e. The predicted octanol–water partition coefficient (Wildman–Crippen LogP) is -0.00780. The average molecular weight is 228 g/mol. The first-order valence-corrected chi connectivity index (χ1v) is 4.66. The number of carbonyl (C=O) groups excluding carboxylic acids is 2. The van der Waals surface area contributed by atoms with E-state index >= 15 is 0 Å². The van der Waals surface area contributed by atoms with Crippen LogP contribution in [0, 0.1) is 0 Å². The topological polar surface area (TPSA) is 97.0 Å². The minimum atomic E-state index is -1.19. The molecule has 0 amide bonds. The van der Waals surface area contributed by atoms with Crippen LogP contribution in [0.3, 0.4) is 0 Å². The second kappa shape index (κ2) is 5.43. The molecule has 1 atom stereocenters. The van der Waals surface area contributed by atoms with Gasteiger partial charge in [0, 0.05) is 0 Å². The van der Waals surface area contributed by atoms with Gasteiger partial charge in [-0.1, -0.05) is 0 Å². The molecule has 1 aromatic rings. The number of hydrogen-bond donors (Lipinski definition) is 2. The number of carbonyl (C=O) groups is 2. The Labute approximate surface area is 91.4 Å². The molecule has 88 valence electrons. The minimum Gasteiger partial charge on any atom is -0.457 e. The van der Waals surface area contributed by atoms with Gasteiger partial charge in [0.25, 0.3) is 0 Å². The van der Waals surface area contributed by atoms with Gasteiger partial charge in [-0.25, -0.2) is 4.79 Å². The van der Waals surface area contributed by atoms with Crippen LogP contribution in [-0.2, 0) is 4.74 Å². The average Bonchev–Trinajstić information content (AvgIpc) is 2.73. The number of furan rings is 1. The van der Waals surface area contributed by atoms with Gasteiger partial charge in [0.1, 0.15) is 12.7 Å². The SMILES string of the molecule is CC(O)C(=O)c1ccc(C(=O)OCCO)o1. The van der Waals surface area contributed by atoms with E-state index in [2.05, 4.69) is 4.74 Å². The van der Waals surface area contributed by atoms with Gasteiger partial charge in [-0.3, -0.25) is 4.79 Å². The second-order valence-electron chi connectivity index (χ2n) is 3.06. The first kappa shape index (κ1) is 12.4. The van der Waals surface area contributed by atoms with Gasteiger partial charge >= 0.3 is 5.97 Å². The van der Waals surface area contributed by atoms with E-state index in [1.54, 1.807) is 0 Å². The quantitative estimate of drug-likeness (QED) is 0.543. The lowest BCUT2D eigenvalue weighted by molar-refractivity contribution is 0.0395. The van der Waals surface area contributed by atoms with Crippen LogP contribution in [0.15, 0.2) is 16.5 Å². The third kappa shape index (κ3) is 2.91. The highest BCUT2D eigenvalue weighted by Gasteiger charge is 2.19. The molecule has 0 saturated carbocycles. The Kier molecular flexibility index (Phi) is 4.21. The number of hydrogen-bond acceptors (Lipinski definition) is 6. The molecule has 0 aromatic carbocycles. The number of Topliss-reactive ketones (excluding diaryl/α,β-unsaturated/α-hetero) is 1. The number of aliphatic hydroxyl groups excluding tert-OH is 2. The summed E-state index contributed by atoms with van der Waals surface area (Å²) in [6, 6.07) is 2.56. The second-order valence-corrected chi connectivity index (χ2v) is 3.06. The number of ether oxygens (including phenoxy) is 1. The maximum atomic E-state index is 11.3. The standard InChI is InChI=1S/C10H12O6/c1-6(12)9(13)7-2-3-8(16-7)10(14)15-5-4-11/h2-3,6,11-12H,4-5H2,1H3. The molecular weight excluding hydrogens is 216 g/mol. The maximum Gasteiger partial charge on any atom is 0.374 e. The number of aliphatic hydroxyl groups is 2. The van der Waals surface area contributed by atoms with Crippen LogP contribution < -0.4 is 0 Å². The number of rotatable bonds is 5. The van der Waals surface area contributed by atoms with E-state index in [4.69, 9.17) is 14.6 Å². The zero-order valence-electron chi connectivity index (χ0n) is 8.67. The normalized spacial score (nSPS) is 12.2. The Balaban J connectivity index is 2.71. The molecule has 0 bridgehead atoms. The van der Waals surface area contributed by atoms with Crippen molar-refractivity contribution in [2.75, 3.05) is 13.2 Å². The molecule has 2 N–H and O–H groups in total. The van der Waals surface area contributed by atoms with Crippen LogP contribution in [0.25, 0.3) is 0 Å². The van der Waals surface area contributed by atoms with Crippen LogP contribution in [0.1, 0.15) is 28.0 Å². The molecule has 0 fully saturated rings. The lowest BCUT2D eigenvalue weighted by atomic mass is 10.2. The van der Waals surface area contributed by atoms with Crippen LogP contribution in [0.2, 0.25) is 0 Å². The van der Waals surface area contributed by atoms with Crippen molar-refractivity contribution in [3.05, 3.63) is 23.7 Å². The van der Waals surface area contributed by atoms with E-state index < -0.39 is 17.9 Å². The van der Waals surface area contributed by atoms with Crippen LogP contribution in [-0.4, -0.2) is 41.3 Å². The molecular formula is C10H12O6. The molecule has 1 heterocycles. The first-order valence-electron chi connectivity index (χ1n) is 4.66. The summed E-state index contributed by atoms with van der Waals surface area (Å²) in [5.74, 6) is -1.62. The van der Waals surface area contributed by atoms with Crippen LogP contribution >= 0.6 is 0 Å². The Morgan fingerprint density at radius 3 is 2.62 bits per heavy atom. The fourth-order valence-electron chi connectivity index (χ4n) is 0.995. The third-order valence-corrected chi connectivity index (χ3v) is 1.75. The highest BCUT2D eigenvalue weighted by Crippen LogP contribution is 2.11. The monoisotopic (exact) mass is 228 g/mol. The summed E-state index contributed by atoms with van der Waals surface area (Å²) in [6.07, 6.45) is -1.19. The van der Waals surface area contributed by atoms with Crippen molar-refractivity contribution >= 4 is 11.8 Å². The molecule has 0 radical (unpaired) electrons. The van der Waals surface area contributed by atoms with Gasteiger partial charge in [0.05, 0.1) is 6.61 Å². The van der Waals surface area contributed by atoms with Crippen LogP contribution in [0.5, 0.6) is 0 Å².